The molecule has 1 N–H and O–H groups in total. The maximum Gasteiger partial charge on any atom is 0.269 e. The minimum absolute atomic E-state index is 0.163. The number of rotatable bonds is 6. The normalized spacial score (nSPS) is 25.8. The van der Waals surface area contributed by atoms with E-state index in [1.54, 1.807) is 12.1 Å². The molecule has 1 saturated carbocycles. The van der Waals surface area contributed by atoms with Crippen LogP contribution in [0, 0.1) is 16.0 Å². The highest BCUT2D eigenvalue weighted by molar-refractivity contribution is 8.00. The Kier molecular flexibility index (Phi) is 5.43. The molecule has 5 heteroatoms. The van der Waals surface area contributed by atoms with Crippen LogP contribution in [0.15, 0.2) is 29.2 Å². The van der Waals surface area contributed by atoms with Gasteiger partial charge in [0, 0.05) is 28.3 Å². The zero-order chi connectivity index (χ0) is 14.5. The molecule has 3 atom stereocenters. The van der Waals surface area contributed by atoms with Crippen molar-refractivity contribution < 1.29 is 4.92 Å². The van der Waals surface area contributed by atoms with E-state index in [0.717, 1.165) is 11.4 Å². The van der Waals surface area contributed by atoms with Gasteiger partial charge in [0.05, 0.1) is 4.92 Å². The van der Waals surface area contributed by atoms with E-state index in [9.17, 15) is 10.1 Å². The van der Waals surface area contributed by atoms with Crippen LogP contribution in [0.4, 0.5) is 5.69 Å². The van der Waals surface area contributed by atoms with Crippen LogP contribution in [-0.4, -0.2) is 22.8 Å². The summed E-state index contributed by atoms with van der Waals surface area (Å²) >= 11 is 1.85. The fourth-order valence-electron chi connectivity index (χ4n) is 2.73. The Morgan fingerprint density at radius 2 is 2.05 bits per heavy atom. The molecule has 0 amide bonds. The Labute approximate surface area is 124 Å². The van der Waals surface area contributed by atoms with Gasteiger partial charge in [-0.2, -0.15) is 0 Å². The lowest BCUT2D eigenvalue weighted by Crippen LogP contribution is -2.33. The van der Waals surface area contributed by atoms with Gasteiger partial charge >= 0.3 is 0 Å². The van der Waals surface area contributed by atoms with Crippen LogP contribution in [-0.2, 0) is 0 Å². The molecule has 4 nitrogen and oxygen atoms in total. The van der Waals surface area contributed by atoms with Crippen molar-refractivity contribution in [3.8, 4) is 0 Å². The molecule has 1 aliphatic rings. The summed E-state index contributed by atoms with van der Waals surface area (Å²) in [6.07, 6.45) is 3.61. The third-order valence-corrected chi connectivity index (χ3v) is 5.49. The van der Waals surface area contributed by atoms with Crippen LogP contribution in [0.2, 0.25) is 0 Å². The lowest BCUT2D eigenvalue weighted by Gasteiger charge is -2.21. The molecule has 1 fully saturated rings. The van der Waals surface area contributed by atoms with E-state index in [-0.39, 0.29) is 10.6 Å². The molecule has 0 aromatic heterocycles. The van der Waals surface area contributed by atoms with Gasteiger partial charge in [-0.05, 0) is 43.9 Å². The van der Waals surface area contributed by atoms with Gasteiger partial charge < -0.3 is 5.32 Å². The molecule has 1 aromatic carbocycles. The molecule has 0 radical (unpaired) electrons. The van der Waals surface area contributed by atoms with Gasteiger partial charge in [-0.25, -0.2) is 0 Å². The molecule has 0 spiro atoms. The molecule has 0 saturated heterocycles. The third-order valence-electron chi connectivity index (χ3n) is 3.97. The zero-order valence-corrected chi connectivity index (χ0v) is 12.9. The van der Waals surface area contributed by atoms with Crippen LogP contribution < -0.4 is 5.32 Å². The second-order valence-electron chi connectivity index (χ2n) is 5.40. The molecule has 1 aliphatic carbocycles. The standard InChI is InChI=1S/C15H22N2O2S/c1-3-10-16-14-8-9-15(11(14)2)20-13-6-4-12(5-7-13)17(18)19/h4-7,11,14-16H,3,8-10H2,1-2H3. The van der Waals surface area contributed by atoms with Crippen LogP contribution in [0.1, 0.15) is 33.1 Å². The highest BCUT2D eigenvalue weighted by Crippen LogP contribution is 2.39. The van der Waals surface area contributed by atoms with Crippen LogP contribution >= 0.6 is 11.8 Å². The molecule has 110 valence electrons. The topological polar surface area (TPSA) is 55.2 Å². The SMILES string of the molecule is CCCNC1CCC(Sc2ccc([N+](=O)[O-])cc2)C1C. The maximum atomic E-state index is 10.6. The number of non-ortho nitro benzene ring substituents is 1. The van der Waals surface area contributed by atoms with Crippen molar-refractivity contribution in [2.75, 3.05) is 6.54 Å². The number of benzene rings is 1. The van der Waals surface area contributed by atoms with Gasteiger partial charge in [-0.3, -0.25) is 10.1 Å². The molecule has 2 rings (SSSR count). The molecule has 0 aliphatic heterocycles. The van der Waals surface area contributed by atoms with Gasteiger partial charge in [-0.1, -0.05) is 13.8 Å². The lowest BCUT2D eigenvalue weighted by molar-refractivity contribution is -0.384. The maximum absolute atomic E-state index is 10.6. The van der Waals surface area contributed by atoms with Crippen molar-refractivity contribution in [2.24, 2.45) is 5.92 Å². The lowest BCUT2D eigenvalue weighted by atomic mass is 10.1. The summed E-state index contributed by atoms with van der Waals surface area (Å²) in [6, 6.07) is 7.53. The summed E-state index contributed by atoms with van der Waals surface area (Å²) in [7, 11) is 0. The van der Waals surface area contributed by atoms with Crippen molar-refractivity contribution >= 4 is 17.4 Å². The minimum atomic E-state index is -0.350. The van der Waals surface area contributed by atoms with Crippen LogP contribution in [0.5, 0.6) is 0 Å². The van der Waals surface area contributed by atoms with Crippen LogP contribution in [0.3, 0.4) is 0 Å². The Morgan fingerprint density at radius 3 is 2.65 bits per heavy atom. The third kappa shape index (κ3) is 3.73. The van der Waals surface area contributed by atoms with Gasteiger partial charge in [0.15, 0.2) is 0 Å². The average Bonchev–Trinajstić information content (AvgIpc) is 2.78. The molecule has 0 bridgehead atoms. The summed E-state index contributed by atoms with van der Waals surface area (Å²) in [6.45, 7) is 5.59. The van der Waals surface area contributed by atoms with E-state index in [1.807, 2.05) is 23.9 Å². The fourth-order valence-corrected chi connectivity index (χ4v) is 4.03. The Bertz CT molecular complexity index is 450. The fraction of sp³-hybridized carbons (Fsp3) is 0.600. The highest BCUT2D eigenvalue weighted by Gasteiger charge is 2.32. The largest absolute Gasteiger partial charge is 0.314 e. The number of hydrogen-bond donors (Lipinski definition) is 1. The summed E-state index contributed by atoms with van der Waals surface area (Å²) in [4.78, 5) is 11.4. The monoisotopic (exact) mass is 294 g/mol. The second kappa shape index (κ2) is 7.09. The van der Waals surface area contributed by atoms with Crippen molar-refractivity contribution in [1.29, 1.82) is 0 Å². The van der Waals surface area contributed by atoms with Crippen LogP contribution in [0.25, 0.3) is 0 Å². The molecule has 3 unspecified atom stereocenters. The zero-order valence-electron chi connectivity index (χ0n) is 12.0. The number of thioether (sulfide) groups is 1. The van der Waals surface area contributed by atoms with Gasteiger partial charge in [-0.15, -0.1) is 11.8 Å². The number of nitrogens with one attached hydrogen (secondary N) is 1. The van der Waals surface area contributed by atoms with E-state index in [4.69, 9.17) is 0 Å². The van der Waals surface area contributed by atoms with Crippen molar-refractivity contribution in [3.63, 3.8) is 0 Å². The van der Waals surface area contributed by atoms with E-state index >= 15 is 0 Å². The average molecular weight is 294 g/mol. The Morgan fingerprint density at radius 1 is 1.35 bits per heavy atom. The molecule has 0 heterocycles. The first-order valence-corrected chi connectivity index (χ1v) is 8.14. The van der Waals surface area contributed by atoms with Crippen molar-refractivity contribution in [1.82, 2.24) is 5.32 Å². The molecular formula is C15H22N2O2S. The summed E-state index contributed by atoms with van der Waals surface area (Å²) in [5.41, 5.74) is 0.163. The van der Waals surface area contributed by atoms with Gasteiger partial charge in [0.25, 0.3) is 5.69 Å². The van der Waals surface area contributed by atoms with Crippen molar-refractivity contribution in [3.05, 3.63) is 34.4 Å². The predicted molar refractivity (Wildman–Crippen MR) is 83.2 cm³/mol. The summed E-state index contributed by atoms with van der Waals surface area (Å²) < 4.78 is 0. The van der Waals surface area contributed by atoms with E-state index in [1.165, 1.54) is 19.3 Å². The van der Waals surface area contributed by atoms with E-state index in [2.05, 4.69) is 19.2 Å². The Balaban J connectivity index is 1.92. The number of hydrogen-bond acceptors (Lipinski definition) is 4. The van der Waals surface area contributed by atoms with Crippen molar-refractivity contribution in [2.45, 2.75) is 49.3 Å². The number of nitrogens with zero attached hydrogens (tertiary/aromatic N) is 1. The second-order valence-corrected chi connectivity index (χ2v) is 6.72. The Hall–Kier alpha value is -1.07. The molecular weight excluding hydrogens is 272 g/mol. The predicted octanol–water partition coefficient (Wildman–Crippen LogP) is 3.85. The summed E-state index contributed by atoms with van der Waals surface area (Å²) in [5.74, 6) is 0.641. The molecule has 1 aromatic rings. The molecule has 20 heavy (non-hydrogen) atoms. The number of nitro groups is 1. The quantitative estimate of drug-likeness (QED) is 0.639. The first-order valence-electron chi connectivity index (χ1n) is 7.26. The minimum Gasteiger partial charge on any atom is -0.314 e. The smallest absolute Gasteiger partial charge is 0.269 e. The first kappa shape index (κ1) is 15.3. The van der Waals surface area contributed by atoms with E-state index in [0.29, 0.717) is 17.2 Å². The van der Waals surface area contributed by atoms with E-state index < -0.39 is 0 Å². The first-order chi connectivity index (χ1) is 9.61. The van der Waals surface area contributed by atoms with Gasteiger partial charge in [0.2, 0.25) is 0 Å². The van der Waals surface area contributed by atoms with Gasteiger partial charge in [0.1, 0.15) is 0 Å². The summed E-state index contributed by atoms with van der Waals surface area (Å²) in [5, 5.41) is 14.9. The number of nitro benzene ring substituents is 1. The highest BCUT2D eigenvalue weighted by atomic mass is 32.2.